The number of hydrogen-bond acceptors (Lipinski definition) is 3. The molecular formula is C22H26FN3O2. The number of nitrogens with one attached hydrogen (secondary N) is 1. The van der Waals surface area contributed by atoms with E-state index in [1.807, 2.05) is 23.1 Å². The number of fused-ring (bicyclic) bond motifs is 1. The second-order valence-corrected chi connectivity index (χ2v) is 7.78. The molecule has 2 saturated heterocycles. The number of rotatable bonds is 4. The van der Waals surface area contributed by atoms with Crippen molar-refractivity contribution in [2.75, 3.05) is 33.8 Å². The molecule has 4 rings (SSSR count). The van der Waals surface area contributed by atoms with Gasteiger partial charge in [0.05, 0.1) is 7.11 Å². The third kappa shape index (κ3) is 3.69. The van der Waals surface area contributed by atoms with Gasteiger partial charge in [-0.1, -0.05) is 24.3 Å². The summed E-state index contributed by atoms with van der Waals surface area (Å²) in [5.74, 6) is 1.45. The molecule has 0 saturated carbocycles. The number of benzene rings is 2. The van der Waals surface area contributed by atoms with Crippen molar-refractivity contribution in [1.29, 1.82) is 0 Å². The van der Waals surface area contributed by atoms with Crippen LogP contribution in [0.5, 0.6) is 5.75 Å². The van der Waals surface area contributed by atoms with Crippen LogP contribution in [0.3, 0.4) is 0 Å². The van der Waals surface area contributed by atoms with Crippen LogP contribution in [0.1, 0.15) is 17.2 Å². The van der Waals surface area contributed by atoms with Crippen LogP contribution in [0, 0.1) is 17.7 Å². The zero-order valence-electron chi connectivity index (χ0n) is 16.3. The van der Waals surface area contributed by atoms with Crippen LogP contribution >= 0.6 is 0 Å². The third-order valence-electron chi connectivity index (χ3n) is 5.97. The Labute approximate surface area is 165 Å². The first-order valence-electron chi connectivity index (χ1n) is 9.66. The smallest absolute Gasteiger partial charge is 0.317 e. The first-order valence-corrected chi connectivity index (χ1v) is 9.66. The maximum Gasteiger partial charge on any atom is 0.317 e. The molecule has 2 amide bonds. The van der Waals surface area contributed by atoms with Crippen LogP contribution in [-0.2, 0) is 6.54 Å². The van der Waals surface area contributed by atoms with E-state index in [0.717, 1.165) is 30.9 Å². The van der Waals surface area contributed by atoms with Crippen molar-refractivity contribution in [3.63, 3.8) is 0 Å². The second-order valence-electron chi connectivity index (χ2n) is 7.78. The Kier molecular flexibility index (Phi) is 5.22. The molecule has 0 bridgehead atoms. The molecule has 0 radical (unpaired) electrons. The molecule has 2 aliphatic rings. The molecule has 0 unspecified atom stereocenters. The summed E-state index contributed by atoms with van der Waals surface area (Å²) in [6.07, 6.45) is 0. The number of ether oxygens (including phenoxy) is 1. The summed E-state index contributed by atoms with van der Waals surface area (Å²) in [6, 6.07) is 14.8. The Morgan fingerprint density at radius 1 is 1.18 bits per heavy atom. The van der Waals surface area contributed by atoms with Gasteiger partial charge in [-0.05, 0) is 48.4 Å². The predicted molar refractivity (Wildman–Crippen MR) is 106 cm³/mol. The number of hydrogen-bond donors (Lipinski definition) is 1. The lowest BCUT2D eigenvalue weighted by molar-refractivity contribution is 0.193. The van der Waals surface area contributed by atoms with Crippen molar-refractivity contribution in [1.82, 2.24) is 15.1 Å². The minimum absolute atomic E-state index is 0.0743. The van der Waals surface area contributed by atoms with Crippen molar-refractivity contribution in [3.05, 3.63) is 65.5 Å². The average molecular weight is 383 g/mol. The fraction of sp³-hybridized carbons (Fsp3) is 0.409. The quantitative estimate of drug-likeness (QED) is 0.881. The Bertz CT molecular complexity index is 842. The summed E-state index contributed by atoms with van der Waals surface area (Å²) >= 11 is 0. The third-order valence-corrected chi connectivity index (χ3v) is 5.97. The molecule has 6 heteroatoms. The largest absolute Gasteiger partial charge is 0.497 e. The van der Waals surface area contributed by atoms with E-state index in [1.165, 1.54) is 17.7 Å². The van der Waals surface area contributed by atoms with Gasteiger partial charge in [0.25, 0.3) is 0 Å². The maximum absolute atomic E-state index is 13.3. The standard InChI is InChI=1S/C22H26FN3O2/c1-25-12-17-13-26(22(27)24-11-15-4-3-5-18(23)10-15)14-20(17)21(25)16-6-8-19(28-2)9-7-16/h3-10,17,20-21H,11-14H2,1-2H3,(H,24,27)/t17-,20+,21+/m0/s1. The number of carbonyl (C=O) groups is 1. The summed E-state index contributed by atoms with van der Waals surface area (Å²) in [5.41, 5.74) is 2.03. The van der Waals surface area contributed by atoms with Crippen molar-refractivity contribution in [2.24, 2.45) is 11.8 Å². The van der Waals surface area contributed by atoms with Crippen LogP contribution < -0.4 is 10.1 Å². The van der Waals surface area contributed by atoms with E-state index in [2.05, 4.69) is 29.4 Å². The number of halogens is 1. The molecule has 0 aromatic heterocycles. The Hall–Kier alpha value is -2.60. The molecule has 5 nitrogen and oxygen atoms in total. The van der Waals surface area contributed by atoms with Gasteiger partial charge in [0.2, 0.25) is 0 Å². The molecule has 2 heterocycles. The first-order chi connectivity index (χ1) is 13.5. The minimum atomic E-state index is -0.284. The monoisotopic (exact) mass is 383 g/mol. The van der Waals surface area contributed by atoms with Gasteiger partial charge in [0, 0.05) is 38.1 Å². The molecule has 0 spiro atoms. The van der Waals surface area contributed by atoms with E-state index < -0.39 is 0 Å². The predicted octanol–water partition coefficient (Wildman–Crippen LogP) is 3.28. The van der Waals surface area contributed by atoms with E-state index >= 15 is 0 Å². The van der Waals surface area contributed by atoms with E-state index in [4.69, 9.17) is 4.74 Å². The molecule has 2 aromatic rings. The summed E-state index contributed by atoms with van der Waals surface area (Å²) in [5, 5.41) is 2.93. The molecule has 2 fully saturated rings. The fourth-order valence-corrected chi connectivity index (χ4v) is 4.66. The fourth-order valence-electron chi connectivity index (χ4n) is 4.66. The highest BCUT2D eigenvalue weighted by Gasteiger charge is 2.47. The Morgan fingerprint density at radius 2 is 1.96 bits per heavy atom. The topological polar surface area (TPSA) is 44.8 Å². The van der Waals surface area contributed by atoms with Crippen LogP contribution in [0.25, 0.3) is 0 Å². The normalized spacial score (nSPS) is 24.2. The average Bonchev–Trinajstić information content (AvgIpc) is 3.23. The van der Waals surface area contributed by atoms with Gasteiger partial charge in [-0.2, -0.15) is 0 Å². The molecule has 28 heavy (non-hydrogen) atoms. The van der Waals surface area contributed by atoms with Crippen molar-refractivity contribution < 1.29 is 13.9 Å². The van der Waals surface area contributed by atoms with E-state index in [1.54, 1.807) is 13.2 Å². The molecule has 2 aliphatic heterocycles. The summed E-state index contributed by atoms with van der Waals surface area (Å²) in [6.45, 7) is 2.82. The van der Waals surface area contributed by atoms with Gasteiger partial charge in [0.1, 0.15) is 11.6 Å². The summed E-state index contributed by atoms with van der Waals surface area (Å²) in [7, 11) is 3.82. The highest BCUT2D eigenvalue weighted by Crippen LogP contribution is 2.44. The van der Waals surface area contributed by atoms with E-state index in [9.17, 15) is 9.18 Å². The summed E-state index contributed by atoms with van der Waals surface area (Å²) < 4.78 is 18.6. The van der Waals surface area contributed by atoms with Gasteiger partial charge >= 0.3 is 6.03 Å². The lowest BCUT2D eigenvalue weighted by Gasteiger charge is -2.27. The van der Waals surface area contributed by atoms with Crippen molar-refractivity contribution >= 4 is 6.03 Å². The van der Waals surface area contributed by atoms with Gasteiger partial charge < -0.3 is 15.0 Å². The minimum Gasteiger partial charge on any atom is -0.497 e. The molecule has 0 aliphatic carbocycles. The molecule has 1 N–H and O–H groups in total. The van der Waals surface area contributed by atoms with Crippen LogP contribution in [0.15, 0.2) is 48.5 Å². The summed E-state index contributed by atoms with van der Waals surface area (Å²) in [4.78, 5) is 16.9. The van der Waals surface area contributed by atoms with Crippen LogP contribution in [0.4, 0.5) is 9.18 Å². The van der Waals surface area contributed by atoms with Gasteiger partial charge in [-0.25, -0.2) is 9.18 Å². The van der Waals surface area contributed by atoms with Crippen LogP contribution in [-0.4, -0.2) is 49.6 Å². The molecule has 3 atom stereocenters. The Balaban J connectivity index is 1.40. The number of methoxy groups -OCH3 is 1. The lowest BCUT2D eigenvalue weighted by Crippen LogP contribution is -2.40. The first kappa shape index (κ1) is 18.7. The highest BCUT2D eigenvalue weighted by molar-refractivity contribution is 5.74. The van der Waals surface area contributed by atoms with Crippen molar-refractivity contribution in [3.8, 4) is 5.75 Å². The zero-order chi connectivity index (χ0) is 19.7. The number of likely N-dealkylation sites (tertiary alicyclic amines) is 2. The molecule has 2 aromatic carbocycles. The van der Waals surface area contributed by atoms with E-state index in [0.29, 0.717) is 24.4 Å². The Morgan fingerprint density at radius 3 is 2.68 bits per heavy atom. The zero-order valence-corrected chi connectivity index (χ0v) is 16.3. The maximum atomic E-state index is 13.3. The van der Waals surface area contributed by atoms with Crippen molar-refractivity contribution in [2.45, 2.75) is 12.6 Å². The number of amides is 2. The number of nitrogens with zero attached hydrogens (tertiary/aromatic N) is 2. The van der Waals surface area contributed by atoms with E-state index in [-0.39, 0.29) is 11.8 Å². The van der Waals surface area contributed by atoms with Gasteiger partial charge in [-0.3, -0.25) is 4.90 Å². The SMILES string of the molecule is COc1ccc([C@@H]2[C@@H]3CN(C(=O)NCc4cccc(F)c4)C[C@@H]3CN2C)cc1. The van der Waals surface area contributed by atoms with Gasteiger partial charge in [-0.15, -0.1) is 0 Å². The number of carbonyl (C=O) groups excluding carboxylic acids is 1. The molecule has 148 valence electrons. The second kappa shape index (κ2) is 7.80. The number of urea groups is 1. The lowest BCUT2D eigenvalue weighted by atomic mass is 9.89. The van der Waals surface area contributed by atoms with Gasteiger partial charge in [0.15, 0.2) is 0 Å². The van der Waals surface area contributed by atoms with Crippen LogP contribution in [0.2, 0.25) is 0 Å². The molecular weight excluding hydrogens is 357 g/mol. The highest BCUT2D eigenvalue weighted by atomic mass is 19.1.